The second kappa shape index (κ2) is 7.23. The topological polar surface area (TPSA) is 75.6 Å². The number of carboxylic acids is 1. The van der Waals surface area contributed by atoms with Gasteiger partial charge in [0, 0.05) is 13.2 Å². The molecule has 88 valence electrons. The SMILES string of the molecule is CCOC(CC(=O)NCC(C)C)C(=O)O. The van der Waals surface area contributed by atoms with Crippen molar-refractivity contribution in [3.05, 3.63) is 0 Å². The standard InChI is InChI=1S/C10H19NO4/c1-4-15-8(10(13)14)5-9(12)11-6-7(2)3/h7-8H,4-6H2,1-3H3,(H,11,12)(H,13,14). The summed E-state index contributed by atoms with van der Waals surface area (Å²) < 4.78 is 4.92. The molecule has 0 heterocycles. The third-order valence-corrected chi connectivity index (χ3v) is 1.72. The second-order valence-electron chi connectivity index (χ2n) is 3.68. The smallest absolute Gasteiger partial charge is 0.333 e. The van der Waals surface area contributed by atoms with Crippen LogP contribution in [0.4, 0.5) is 0 Å². The van der Waals surface area contributed by atoms with Crippen LogP contribution in [0, 0.1) is 5.92 Å². The molecule has 0 rings (SSSR count). The highest BCUT2D eigenvalue weighted by molar-refractivity contribution is 5.83. The maximum Gasteiger partial charge on any atom is 0.333 e. The Hall–Kier alpha value is -1.10. The van der Waals surface area contributed by atoms with Gasteiger partial charge in [0.2, 0.25) is 5.91 Å². The zero-order chi connectivity index (χ0) is 11.8. The number of ether oxygens (including phenoxy) is 1. The fourth-order valence-electron chi connectivity index (χ4n) is 0.977. The van der Waals surface area contributed by atoms with E-state index in [-0.39, 0.29) is 18.9 Å². The third kappa shape index (κ3) is 6.90. The number of nitrogens with one attached hydrogen (secondary N) is 1. The van der Waals surface area contributed by atoms with Crippen molar-refractivity contribution in [3.63, 3.8) is 0 Å². The van der Waals surface area contributed by atoms with Gasteiger partial charge in [0.25, 0.3) is 0 Å². The quantitative estimate of drug-likeness (QED) is 0.656. The molecular weight excluding hydrogens is 198 g/mol. The molecule has 1 unspecified atom stereocenters. The molecule has 0 aromatic heterocycles. The van der Waals surface area contributed by atoms with Gasteiger partial charge in [-0.3, -0.25) is 4.79 Å². The first-order valence-electron chi connectivity index (χ1n) is 5.08. The van der Waals surface area contributed by atoms with E-state index in [1.165, 1.54) is 0 Å². The Balaban J connectivity index is 3.94. The van der Waals surface area contributed by atoms with Crippen LogP contribution in [0.15, 0.2) is 0 Å². The first kappa shape index (κ1) is 13.9. The monoisotopic (exact) mass is 217 g/mol. The normalized spacial score (nSPS) is 12.5. The predicted octanol–water partition coefficient (Wildman–Crippen LogP) is 0.638. The van der Waals surface area contributed by atoms with Crippen molar-refractivity contribution in [3.8, 4) is 0 Å². The molecular formula is C10H19NO4. The van der Waals surface area contributed by atoms with E-state index < -0.39 is 12.1 Å². The van der Waals surface area contributed by atoms with E-state index in [9.17, 15) is 9.59 Å². The molecule has 1 atom stereocenters. The van der Waals surface area contributed by atoms with E-state index in [4.69, 9.17) is 9.84 Å². The number of rotatable bonds is 7. The summed E-state index contributed by atoms with van der Waals surface area (Å²) in [5, 5.41) is 11.4. The zero-order valence-corrected chi connectivity index (χ0v) is 9.45. The van der Waals surface area contributed by atoms with Crippen LogP contribution in [0.5, 0.6) is 0 Å². The maximum atomic E-state index is 11.3. The van der Waals surface area contributed by atoms with E-state index in [0.29, 0.717) is 12.5 Å². The Bertz CT molecular complexity index is 215. The van der Waals surface area contributed by atoms with Gasteiger partial charge >= 0.3 is 5.97 Å². The first-order valence-corrected chi connectivity index (χ1v) is 5.08. The summed E-state index contributed by atoms with van der Waals surface area (Å²) in [6.07, 6.45) is -1.17. The molecule has 0 saturated heterocycles. The van der Waals surface area contributed by atoms with Crippen molar-refractivity contribution in [2.45, 2.75) is 33.3 Å². The molecule has 0 spiro atoms. The summed E-state index contributed by atoms with van der Waals surface area (Å²) in [6, 6.07) is 0. The maximum absolute atomic E-state index is 11.3. The summed E-state index contributed by atoms with van der Waals surface area (Å²) >= 11 is 0. The van der Waals surface area contributed by atoms with Crippen molar-refractivity contribution in [1.82, 2.24) is 5.32 Å². The fourth-order valence-corrected chi connectivity index (χ4v) is 0.977. The van der Waals surface area contributed by atoms with Crippen LogP contribution in [0.2, 0.25) is 0 Å². The highest BCUT2D eigenvalue weighted by Gasteiger charge is 2.21. The van der Waals surface area contributed by atoms with Crippen molar-refractivity contribution < 1.29 is 19.4 Å². The van der Waals surface area contributed by atoms with Crippen LogP contribution in [0.1, 0.15) is 27.2 Å². The number of carbonyl (C=O) groups is 2. The molecule has 1 amide bonds. The van der Waals surface area contributed by atoms with Crippen LogP contribution in [0.3, 0.4) is 0 Å². The number of carbonyl (C=O) groups excluding carboxylic acids is 1. The van der Waals surface area contributed by atoms with Crippen molar-refractivity contribution in [2.24, 2.45) is 5.92 Å². The highest BCUT2D eigenvalue weighted by atomic mass is 16.5. The van der Waals surface area contributed by atoms with E-state index >= 15 is 0 Å². The molecule has 0 saturated carbocycles. The molecule has 0 fully saturated rings. The lowest BCUT2D eigenvalue weighted by Gasteiger charge is -2.13. The number of hydrogen-bond donors (Lipinski definition) is 2. The Labute approximate surface area is 89.8 Å². The van der Waals surface area contributed by atoms with Gasteiger partial charge < -0.3 is 15.2 Å². The number of aliphatic carboxylic acids is 1. The molecule has 0 bridgehead atoms. The summed E-state index contributed by atoms with van der Waals surface area (Å²) in [5.74, 6) is -1.04. The molecule has 0 aliphatic heterocycles. The van der Waals surface area contributed by atoms with Crippen LogP contribution < -0.4 is 5.32 Å². The molecule has 0 aliphatic rings. The Morgan fingerprint density at radius 1 is 1.40 bits per heavy atom. The summed E-state index contributed by atoms with van der Waals surface area (Å²) in [6.45, 7) is 6.47. The van der Waals surface area contributed by atoms with Crippen molar-refractivity contribution in [1.29, 1.82) is 0 Å². The summed E-state index contributed by atoms with van der Waals surface area (Å²) in [4.78, 5) is 21.9. The van der Waals surface area contributed by atoms with E-state index in [2.05, 4.69) is 5.32 Å². The molecule has 0 aliphatic carbocycles. The minimum Gasteiger partial charge on any atom is -0.479 e. The Kier molecular flexibility index (Phi) is 6.70. The van der Waals surface area contributed by atoms with Crippen LogP contribution in [0.25, 0.3) is 0 Å². The van der Waals surface area contributed by atoms with E-state index in [0.717, 1.165) is 0 Å². The minimum atomic E-state index is -1.10. The average molecular weight is 217 g/mol. The lowest BCUT2D eigenvalue weighted by Crippen LogP contribution is -2.34. The van der Waals surface area contributed by atoms with Gasteiger partial charge in [-0.25, -0.2) is 4.79 Å². The third-order valence-electron chi connectivity index (χ3n) is 1.72. The Morgan fingerprint density at radius 2 is 2.00 bits per heavy atom. The van der Waals surface area contributed by atoms with Gasteiger partial charge in [0.15, 0.2) is 6.10 Å². The second-order valence-corrected chi connectivity index (χ2v) is 3.68. The lowest BCUT2D eigenvalue weighted by atomic mass is 10.2. The first-order chi connectivity index (χ1) is 6.97. The molecule has 0 aromatic carbocycles. The van der Waals surface area contributed by atoms with Crippen LogP contribution in [-0.4, -0.2) is 36.2 Å². The fraction of sp³-hybridized carbons (Fsp3) is 0.800. The molecule has 2 N–H and O–H groups in total. The van der Waals surface area contributed by atoms with Gasteiger partial charge in [0.1, 0.15) is 0 Å². The minimum absolute atomic E-state index is 0.129. The van der Waals surface area contributed by atoms with E-state index in [1.54, 1.807) is 6.92 Å². The molecule has 15 heavy (non-hydrogen) atoms. The van der Waals surface area contributed by atoms with Crippen LogP contribution in [-0.2, 0) is 14.3 Å². The average Bonchev–Trinajstić information content (AvgIpc) is 2.14. The number of amides is 1. The summed E-state index contributed by atoms with van der Waals surface area (Å²) in [7, 11) is 0. The van der Waals surface area contributed by atoms with Crippen molar-refractivity contribution >= 4 is 11.9 Å². The van der Waals surface area contributed by atoms with E-state index in [1.807, 2.05) is 13.8 Å². The molecule has 5 nitrogen and oxygen atoms in total. The number of carboxylic acid groups (broad SMARTS) is 1. The van der Waals surface area contributed by atoms with Crippen LogP contribution >= 0.6 is 0 Å². The summed E-state index contributed by atoms with van der Waals surface area (Å²) in [5.41, 5.74) is 0. The molecule has 0 radical (unpaired) electrons. The van der Waals surface area contributed by atoms with Gasteiger partial charge in [-0.2, -0.15) is 0 Å². The zero-order valence-electron chi connectivity index (χ0n) is 9.45. The van der Waals surface area contributed by atoms with Gasteiger partial charge in [-0.1, -0.05) is 13.8 Å². The molecule has 0 aromatic rings. The van der Waals surface area contributed by atoms with Gasteiger partial charge in [-0.05, 0) is 12.8 Å². The lowest BCUT2D eigenvalue weighted by molar-refractivity contribution is -0.152. The Morgan fingerprint density at radius 3 is 2.40 bits per heavy atom. The predicted molar refractivity (Wildman–Crippen MR) is 55.5 cm³/mol. The largest absolute Gasteiger partial charge is 0.479 e. The van der Waals surface area contributed by atoms with Gasteiger partial charge in [-0.15, -0.1) is 0 Å². The van der Waals surface area contributed by atoms with Gasteiger partial charge in [0.05, 0.1) is 6.42 Å². The number of hydrogen-bond acceptors (Lipinski definition) is 3. The molecule has 5 heteroatoms. The van der Waals surface area contributed by atoms with Crippen molar-refractivity contribution in [2.75, 3.05) is 13.2 Å². The highest BCUT2D eigenvalue weighted by Crippen LogP contribution is 1.99.